The lowest BCUT2D eigenvalue weighted by molar-refractivity contribution is 0.389. The molecule has 88 valence electrons. The van der Waals surface area contributed by atoms with Gasteiger partial charge in [0.2, 0.25) is 0 Å². The van der Waals surface area contributed by atoms with Crippen molar-refractivity contribution in [3.63, 3.8) is 0 Å². The van der Waals surface area contributed by atoms with E-state index in [1.807, 2.05) is 0 Å². The van der Waals surface area contributed by atoms with Gasteiger partial charge in [0.1, 0.15) is 0 Å². The highest BCUT2D eigenvalue weighted by Crippen LogP contribution is 2.21. The van der Waals surface area contributed by atoms with Crippen molar-refractivity contribution < 1.29 is 8.42 Å². The van der Waals surface area contributed by atoms with Crippen molar-refractivity contribution in [1.29, 1.82) is 0 Å². The van der Waals surface area contributed by atoms with E-state index in [4.69, 9.17) is 18.0 Å². The minimum atomic E-state index is -3.37. The molecule has 0 heterocycles. The molecule has 5 nitrogen and oxygen atoms in total. The summed E-state index contributed by atoms with van der Waals surface area (Å²) in [6.07, 6.45) is 2.25. The van der Waals surface area contributed by atoms with Crippen molar-refractivity contribution in [2.45, 2.75) is 38.3 Å². The average molecular weight is 251 g/mol. The highest BCUT2D eigenvalue weighted by atomic mass is 32.2. The second kappa shape index (κ2) is 4.73. The Hall–Kier alpha value is -0.240. The molecule has 3 N–H and O–H groups in total. The first-order chi connectivity index (χ1) is 6.83. The topological polar surface area (TPSA) is 75.4 Å². The van der Waals surface area contributed by atoms with E-state index < -0.39 is 10.2 Å². The highest BCUT2D eigenvalue weighted by Gasteiger charge is 2.31. The normalized spacial score (nSPS) is 19.1. The lowest BCUT2D eigenvalue weighted by Crippen LogP contribution is -2.44. The molecule has 1 saturated carbocycles. The zero-order chi connectivity index (χ0) is 11.6. The number of hydrogen-bond acceptors (Lipinski definition) is 3. The zero-order valence-corrected chi connectivity index (χ0v) is 10.6. The van der Waals surface area contributed by atoms with Crippen molar-refractivity contribution in [3.05, 3.63) is 0 Å². The Morgan fingerprint density at radius 3 is 2.60 bits per heavy atom. The minimum Gasteiger partial charge on any atom is -0.393 e. The molecule has 7 heteroatoms. The molecule has 0 saturated heterocycles. The van der Waals surface area contributed by atoms with E-state index in [-0.39, 0.29) is 12.1 Å². The summed E-state index contributed by atoms with van der Waals surface area (Å²) in [5, 5.41) is 0. The van der Waals surface area contributed by atoms with Gasteiger partial charge in [-0.15, -0.1) is 0 Å². The van der Waals surface area contributed by atoms with E-state index >= 15 is 0 Å². The lowest BCUT2D eigenvalue weighted by Gasteiger charge is -2.23. The smallest absolute Gasteiger partial charge is 0.279 e. The van der Waals surface area contributed by atoms with Crippen molar-refractivity contribution in [2.24, 2.45) is 5.73 Å². The molecule has 0 aromatic heterocycles. The molecule has 0 aromatic rings. The van der Waals surface area contributed by atoms with Gasteiger partial charge in [-0.05, 0) is 19.8 Å². The largest absolute Gasteiger partial charge is 0.393 e. The maximum absolute atomic E-state index is 11.7. The van der Waals surface area contributed by atoms with Crippen LogP contribution in [-0.4, -0.2) is 36.8 Å². The van der Waals surface area contributed by atoms with Crippen molar-refractivity contribution in [3.8, 4) is 0 Å². The molecule has 0 radical (unpaired) electrons. The van der Waals surface area contributed by atoms with Gasteiger partial charge in [-0.3, -0.25) is 0 Å². The van der Waals surface area contributed by atoms with Gasteiger partial charge in [0, 0.05) is 25.6 Å². The Morgan fingerprint density at radius 1 is 1.67 bits per heavy atom. The van der Waals surface area contributed by atoms with Crippen LogP contribution in [0.3, 0.4) is 0 Å². The molecular formula is C8H17N3O2S2. The molecule has 1 fully saturated rings. The molecule has 0 spiro atoms. The zero-order valence-electron chi connectivity index (χ0n) is 8.93. The predicted octanol–water partition coefficient (Wildman–Crippen LogP) is -0.0203. The van der Waals surface area contributed by atoms with Crippen LogP contribution in [0, 0.1) is 0 Å². The van der Waals surface area contributed by atoms with Crippen LogP contribution in [0.15, 0.2) is 0 Å². The quantitative estimate of drug-likeness (QED) is 0.651. The van der Waals surface area contributed by atoms with E-state index in [9.17, 15) is 8.42 Å². The Labute approximate surface area is 96.2 Å². The van der Waals surface area contributed by atoms with E-state index in [0.717, 1.165) is 12.8 Å². The molecule has 15 heavy (non-hydrogen) atoms. The molecule has 0 aliphatic heterocycles. The summed E-state index contributed by atoms with van der Waals surface area (Å²) in [5.74, 6) is 0. The fraction of sp³-hybridized carbons (Fsp3) is 0.875. The number of thiocarbonyl (C=S) groups is 1. The first-order valence-corrected chi connectivity index (χ1v) is 6.71. The summed E-state index contributed by atoms with van der Waals surface area (Å²) in [7, 11) is -1.84. The lowest BCUT2D eigenvalue weighted by atomic mass is 10.2. The number of rotatable bonds is 6. The van der Waals surface area contributed by atoms with E-state index in [1.54, 1.807) is 6.92 Å². The van der Waals surface area contributed by atoms with E-state index in [1.165, 1.54) is 11.4 Å². The molecule has 1 aliphatic carbocycles. The van der Waals surface area contributed by atoms with Crippen molar-refractivity contribution >= 4 is 27.4 Å². The summed E-state index contributed by atoms with van der Waals surface area (Å²) in [4.78, 5) is 0.330. The molecule has 1 rings (SSSR count). The molecule has 1 aliphatic rings. The van der Waals surface area contributed by atoms with Gasteiger partial charge in [0.05, 0.1) is 4.99 Å². The average Bonchev–Trinajstić information content (AvgIpc) is 2.84. The van der Waals surface area contributed by atoms with Crippen LogP contribution >= 0.6 is 12.2 Å². The van der Waals surface area contributed by atoms with Gasteiger partial charge >= 0.3 is 0 Å². The Bertz CT molecular complexity index is 338. The molecule has 0 amide bonds. The maximum Gasteiger partial charge on any atom is 0.279 e. The SMILES string of the molecule is CC(CC(N)=S)N(C)S(=O)(=O)NC1CC1. The van der Waals surface area contributed by atoms with Gasteiger partial charge in [0.25, 0.3) is 10.2 Å². The van der Waals surface area contributed by atoms with Crippen LogP contribution in [0.25, 0.3) is 0 Å². The first-order valence-electron chi connectivity index (χ1n) is 4.86. The summed E-state index contributed by atoms with van der Waals surface area (Å²) in [6.45, 7) is 1.78. The Balaban J connectivity index is 2.56. The Morgan fingerprint density at radius 2 is 2.20 bits per heavy atom. The molecule has 1 atom stereocenters. The standard InChI is InChI=1S/C8H17N3O2S2/c1-6(5-8(9)14)11(2)15(12,13)10-7-3-4-7/h6-7,10H,3-5H2,1-2H3,(H2,9,14). The van der Waals surface area contributed by atoms with Gasteiger partial charge in [0.15, 0.2) is 0 Å². The van der Waals surface area contributed by atoms with Crippen molar-refractivity contribution in [2.75, 3.05) is 7.05 Å². The third-order valence-electron chi connectivity index (χ3n) is 2.39. The molecule has 0 bridgehead atoms. The second-order valence-electron chi connectivity index (χ2n) is 3.93. The summed E-state index contributed by atoms with van der Waals surface area (Å²) >= 11 is 4.75. The monoisotopic (exact) mass is 251 g/mol. The maximum atomic E-state index is 11.7. The summed E-state index contributed by atoms with van der Waals surface area (Å²) < 4.78 is 27.3. The third-order valence-corrected chi connectivity index (χ3v) is 4.31. The van der Waals surface area contributed by atoms with Crippen LogP contribution in [0.1, 0.15) is 26.2 Å². The molecule has 0 aromatic carbocycles. The number of hydrogen-bond donors (Lipinski definition) is 2. The third kappa shape index (κ3) is 4.02. The fourth-order valence-corrected chi connectivity index (χ4v) is 2.76. The van der Waals surface area contributed by atoms with E-state index in [0.29, 0.717) is 11.4 Å². The van der Waals surface area contributed by atoms with Gasteiger partial charge in [-0.1, -0.05) is 12.2 Å². The van der Waals surface area contributed by atoms with Gasteiger partial charge in [-0.2, -0.15) is 17.4 Å². The van der Waals surface area contributed by atoms with Crippen LogP contribution < -0.4 is 10.5 Å². The van der Waals surface area contributed by atoms with Crippen LogP contribution in [0.4, 0.5) is 0 Å². The van der Waals surface area contributed by atoms with Gasteiger partial charge in [-0.25, -0.2) is 0 Å². The molecule has 1 unspecified atom stereocenters. The first kappa shape index (κ1) is 12.8. The van der Waals surface area contributed by atoms with Crippen LogP contribution in [0.5, 0.6) is 0 Å². The summed E-state index contributed by atoms with van der Waals surface area (Å²) in [6, 6.07) is -0.0896. The van der Waals surface area contributed by atoms with Crippen LogP contribution in [-0.2, 0) is 10.2 Å². The minimum absolute atomic E-state index is 0.120. The second-order valence-corrected chi connectivity index (χ2v) is 6.22. The molecular weight excluding hydrogens is 234 g/mol. The fourth-order valence-electron chi connectivity index (χ4n) is 1.15. The van der Waals surface area contributed by atoms with Gasteiger partial charge < -0.3 is 5.73 Å². The van der Waals surface area contributed by atoms with Crippen LogP contribution in [0.2, 0.25) is 0 Å². The van der Waals surface area contributed by atoms with Crippen molar-refractivity contribution in [1.82, 2.24) is 9.03 Å². The Kier molecular flexibility index (Phi) is 4.05. The summed E-state index contributed by atoms with van der Waals surface area (Å²) in [5.41, 5.74) is 5.38. The number of nitrogens with one attached hydrogen (secondary N) is 1. The number of nitrogens with zero attached hydrogens (tertiary/aromatic N) is 1. The highest BCUT2D eigenvalue weighted by molar-refractivity contribution is 7.87. The van der Waals surface area contributed by atoms with E-state index in [2.05, 4.69) is 4.72 Å². The number of nitrogens with two attached hydrogens (primary N) is 1. The predicted molar refractivity (Wildman–Crippen MR) is 63.7 cm³/mol.